The normalized spacial score (nSPS) is 10.1. The summed E-state index contributed by atoms with van der Waals surface area (Å²) in [5.41, 5.74) is 1.84. The summed E-state index contributed by atoms with van der Waals surface area (Å²) in [6.45, 7) is 1.77. The second-order valence-corrected chi connectivity index (χ2v) is 4.10. The highest BCUT2D eigenvalue weighted by Crippen LogP contribution is 2.19. The summed E-state index contributed by atoms with van der Waals surface area (Å²) >= 11 is 1.57. The zero-order valence-corrected chi connectivity index (χ0v) is 9.41. The van der Waals surface area contributed by atoms with Crippen LogP contribution >= 0.6 is 11.3 Å². The third kappa shape index (κ3) is 2.38. The van der Waals surface area contributed by atoms with Gasteiger partial charge in [-0.2, -0.15) is 11.3 Å². The number of aromatic nitrogens is 1. The van der Waals surface area contributed by atoms with E-state index in [1.165, 1.54) is 6.07 Å². The summed E-state index contributed by atoms with van der Waals surface area (Å²) < 4.78 is 0. The lowest BCUT2D eigenvalue weighted by molar-refractivity contribution is 0.0696. The molecule has 2 aromatic heterocycles. The molecule has 16 heavy (non-hydrogen) atoms. The second-order valence-electron chi connectivity index (χ2n) is 3.32. The van der Waals surface area contributed by atoms with Crippen molar-refractivity contribution in [1.29, 1.82) is 0 Å². The maximum atomic E-state index is 10.9. The Morgan fingerprint density at radius 2 is 2.31 bits per heavy atom. The molecule has 0 bridgehead atoms. The lowest BCUT2D eigenvalue weighted by atomic mass is 10.2. The molecule has 0 unspecified atom stereocenters. The van der Waals surface area contributed by atoms with E-state index in [9.17, 15) is 4.79 Å². The Hall–Kier alpha value is -1.88. The van der Waals surface area contributed by atoms with E-state index in [0.29, 0.717) is 11.5 Å². The van der Waals surface area contributed by atoms with Crippen LogP contribution in [0.5, 0.6) is 0 Å². The highest BCUT2D eigenvalue weighted by atomic mass is 32.1. The Morgan fingerprint density at radius 3 is 2.94 bits per heavy atom. The number of rotatable bonds is 3. The standard InChI is InChI=1S/C11H10N2O2S/c1-7-4-8(11(14)15)5-10(12-7)13-9-2-3-16-6-9/h2-6H,1H3,(H,12,13)(H,14,15). The molecule has 2 aromatic rings. The third-order valence-corrected chi connectivity index (χ3v) is 2.68. The monoisotopic (exact) mass is 234 g/mol. The topological polar surface area (TPSA) is 62.2 Å². The first-order valence-electron chi connectivity index (χ1n) is 4.66. The van der Waals surface area contributed by atoms with Gasteiger partial charge in [0.15, 0.2) is 0 Å². The molecule has 0 atom stereocenters. The molecule has 0 spiro atoms. The summed E-state index contributed by atoms with van der Waals surface area (Å²) in [6, 6.07) is 4.98. The Bertz CT molecular complexity index is 509. The van der Waals surface area contributed by atoms with Crippen molar-refractivity contribution >= 4 is 28.8 Å². The quantitative estimate of drug-likeness (QED) is 0.857. The molecule has 0 aromatic carbocycles. The van der Waals surface area contributed by atoms with Gasteiger partial charge in [0.25, 0.3) is 0 Å². The van der Waals surface area contributed by atoms with Crippen LogP contribution in [0.3, 0.4) is 0 Å². The van der Waals surface area contributed by atoms with Crippen LogP contribution in [0.1, 0.15) is 16.1 Å². The molecule has 0 aliphatic carbocycles. The molecule has 0 amide bonds. The highest BCUT2D eigenvalue weighted by Gasteiger charge is 2.06. The number of nitrogens with one attached hydrogen (secondary N) is 1. The average Bonchev–Trinajstić information content (AvgIpc) is 2.69. The number of carboxylic acids is 1. The second kappa shape index (κ2) is 4.32. The molecular weight excluding hydrogens is 224 g/mol. The van der Waals surface area contributed by atoms with E-state index in [4.69, 9.17) is 5.11 Å². The number of hydrogen-bond acceptors (Lipinski definition) is 4. The summed E-state index contributed by atoms with van der Waals surface area (Å²) in [4.78, 5) is 15.1. The highest BCUT2D eigenvalue weighted by molar-refractivity contribution is 7.08. The fourth-order valence-electron chi connectivity index (χ4n) is 1.34. The third-order valence-electron chi connectivity index (χ3n) is 1.99. The van der Waals surface area contributed by atoms with Crippen molar-refractivity contribution in [3.63, 3.8) is 0 Å². The number of pyridine rings is 1. The van der Waals surface area contributed by atoms with Crippen molar-refractivity contribution in [3.05, 3.63) is 40.2 Å². The first kappa shape index (κ1) is 10.6. The molecule has 2 heterocycles. The Kier molecular flexibility index (Phi) is 2.87. The number of carboxylic acid groups (broad SMARTS) is 1. The average molecular weight is 234 g/mol. The molecular formula is C11H10N2O2S. The number of aromatic carboxylic acids is 1. The van der Waals surface area contributed by atoms with Gasteiger partial charge in [0, 0.05) is 11.1 Å². The van der Waals surface area contributed by atoms with E-state index in [-0.39, 0.29) is 5.56 Å². The summed E-state index contributed by atoms with van der Waals surface area (Å²) in [5, 5.41) is 15.8. The number of hydrogen-bond donors (Lipinski definition) is 2. The predicted molar refractivity (Wildman–Crippen MR) is 63.5 cm³/mol. The van der Waals surface area contributed by atoms with Gasteiger partial charge in [-0.1, -0.05) is 0 Å². The first-order valence-corrected chi connectivity index (χ1v) is 5.60. The van der Waals surface area contributed by atoms with Gasteiger partial charge < -0.3 is 10.4 Å². The molecule has 0 saturated heterocycles. The number of carbonyl (C=O) groups is 1. The summed E-state index contributed by atoms with van der Waals surface area (Å²) in [5.74, 6) is -0.394. The zero-order valence-electron chi connectivity index (χ0n) is 8.60. The summed E-state index contributed by atoms with van der Waals surface area (Å²) in [7, 11) is 0. The minimum atomic E-state index is -0.945. The van der Waals surface area contributed by atoms with E-state index >= 15 is 0 Å². The van der Waals surface area contributed by atoms with Gasteiger partial charge in [0.2, 0.25) is 0 Å². The molecule has 2 N–H and O–H groups in total. The van der Waals surface area contributed by atoms with Gasteiger partial charge in [-0.05, 0) is 30.5 Å². The van der Waals surface area contributed by atoms with E-state index in [1.807, 2.05) is 16.8 Å². The lowest BCUT2D eigenvalue weighted by Crippen LogP contribution is -2.01. The Labute approximate surface area is 96.6 Å². The largest absolute Gasteiger partial charge is 0.478 e. The van der Waals surface area contributed by atoms with Crippen LogP contribution in [0.4, 0.5) is 11.5 Å². The Balaban J connectivity index is 2.31. The van der Waals surface area contributed by atoms with Gasteiger partial charge in [-0.3, -0.25) is 0 Å². The number of aryl methyl sites for hydroxylation is 1. The fraction of sp³-hybridized carbons (Fsp3) is 0.0909. The maximum Gasteiger partial charge on any atom is 0.335 e. The molecule has 5 heteroatoms. The van der Waals surface area contributed by atoms with Crippen molar-refractivity contribution in [1.82, 2.24) is 4.98 Å². The maximum absolute atomic E-state index is 10.9. The molecule has 0 aliphatic heterocycles. The van der Waals surface area contributed by atoms with Crippen molar-refractivity contribution in [2.24, 2.45) is 0 Å². The van der Waals surface area contributed by atoms with Crippen molar-refractivity contribution in [2.75, 3.05) is 5.32 Å². The van der Waals surface area contributed by atoms with Crippen molar-refractivity contribution in [3.8, 4) is 0 Å². The lowest BCUT2D eigenvalue weighted by Gasteiger charge is -2.05. The molecule has 0 saturated carbocycles. The van der Waals surface area contributed by atoms with E-state index in [1.54, 1.807) is 24.3 Å². The van der Waals surface area contributed by atoms with E-state index in [0.717, 1.165) is 5.69 Å². The molecule has 4 nitrogen and oxygen atoms in total. The number of nitrogens with zero attached hydrogens (tertiary/aromatic N) is 1. The van der Waals surface area contributed by atoms with Crippen LogP contribution in [0.2, 0.25) is 0 Å². The van der Waals surface area contributed by atoms with Crippen LogP contribution < -0.4 is 5.32 Å². The van der Waals surface area contributed by atoms with Crippen molar-refractivity contribution in [2.45, 2.75) is 6.92 Å². The number of anilines is 2. The van der Waals surface area contributed by atoms with Gasteiger partial charge in [-0.25, -0.2) is 9.78 Å². The van der Waals surface area contributed by atoms with Crippen LogP contribution in [-0.4, -0.2) is 16.1 Å². The predicted octanol–water partition coefficient (Wildman–Crippen LogP) is 2.89. The van der Waals surface area contributed by atoms with Gasteiger partial charge in [0.1, 0.15) is 5.82 Å². The van der Waals surface area contributed by atoms with Crippen LogP contribution in [0.15, 0.2) is 29.0 Å². The Morgan fingerprint density at radius 1 is 1.50 bits per heavy atom. The van der Waals surface area contributed by atoms with Crippen LogP contribution in [0.25, 0.3) is 0 Å². The number of thiophene rings is 1. The molecule has 0 radical (unpaired) electrons. The molecule has 2 rings (SSSR count). The molecule has 82 valence electrons. The van der Waals surface area contributed by atoms with Gasteiger partial charge >= 0.3 is 5.97 Å². The summed E-state index contributed by atoms with van der Waals surface area (Å²) in [6.07, 6.45) is 0. The SMILES string of the molecule is Cc1cc(C(=O)O)cc(Nc2ccsc2)n1. The fourth-order valence-corrected chi connectivity index (χ4v) is 1.93. The van der Waals surface area contributed by atoms with E-state index in [2.05, 4.69) is 10.3 Å². The van der Waals surface area contributed by atoms with Crippen LogP contribution in [0, 0.1) is 6.92 Å². The first-order chi connectivity index (χ1) is 7.65. The van der Waals surface area contributed by atoms with Gasteiger partial charge in [0.05, 0.1) is 11.3 Å². The van der Waals surface area contributed by atoms with Gasteiger partial charge in [-0.15, -0.1) is 0 Å². The zero-order chi connectivity index (χ0) is 11.5. The van der Waals surface area contributed by atoms with Crippen LogP contribution in [-0.2, 0) is 0 Å². The molecule has 0 aliphatic rings. The minimum Gasteiger partial charge on any atom is -0.478 e. The molecule has 0 fully saturated rings. The van der Waals surface area contributed by atoms with Crippen molar-refractivity contribution < 1.29 is 9.90 Å². The van der Waals surface area contributed by atoms with E-state index < -0.39 is 5.97 Å². The smallest absolute Gasteiger partial charge is 0.335 e. The minimum absolute atomic E-state index is 0.241.